The Balaban J connectivity index is 2.22. The van der Waals surface area contributed by atoms with E-state index >= 15 is 0 Å². The molecule has 0 fully saturated rings. The van der Waals surface area contributed by atoms with Crippen LogP contribution in [0.25, 0.3) is 0 Å². The number of hydrogen-bond acceptors (Lipinski definition) is 2. The average Bonchev–Trinajstić information content (AvgIpc) is 2.49. The molecule has 2 aromatic rings. The van der Waals surface area contributed by atoms with Gasteiger partial charge in [0.25, 0.3) is 5.91 Å². The fourth-order valence-electron chi connectivity index (χ4n) is 2.38. The largest absolute Gasteiger partial charge is 0.399 e. The summed E-state index contributed by atoms with van der Waals surface area (Å²) in [6, 6.07) is 17.2. The highest BCUT2D eigenvalue weighted by atomic mass is 16.2. The van der Waals surface area contributed by atoms with E-state index in [9.17, 15) is 4.79 Å². The zero-order valence-electron chi connectivity index (χ0n) is 11.9. The molecule has 104 valence electrons. The van der Waals surface area contributed by atoms with Crippen molar-refractivity contribution in [2.45, 2.75) is 19.4 Å². The number of anilines is 1. The Morgan fingerprint density at radius 3 is 2.25 bits per heavy atom. The zero-order valence-corrected chi connectivity index (χ0v) is 11.9. The molecule has 0 radical (unpaired) electrons. The van der Waals surface area contributed by atoms with Gasteiger partial charge in [-0.1, -0.05) is 37.3 Å². The second-order valence-electron chi connectivity index (χ2n) is 4.87. The van der Waals surface area contributed by atoms with Crippen LogP contribution in [0.3, 0.4) is 0 Å². The Hall–Kier alpha value is -2.29. The highest BCUT2D eigenvalue weighted by Gasteiger charge is 2.20. The summed E-state index contributed by atoms with van der Waals surface area (Å²) in [5.74, 6) is 0.0145. The first-order valence-electron chi connectivity index (χ1n) is 6.81. The fourth-order valence-corrected chi connectivity index (χ4v) is 2.38. The molecule has 1 amide bonds. The molecular formula is C17H20N2O. The topological polar surface area (TPSA) is 46.3 Å². The molecule has 3 heteroatoms. The van der Waals surface area contributed by atoms with Crippen molar-refractivity contribution in [3.05, 3.63) is 65.7 Å². The number of carbonyl (C=O) groups is 1. The van der Waals surface area contributed by atoms with Crippen molar-refractivity contribution < 1.29 is 4.79 Å². The van der Waals surface area contributed by atoms with Crippen LogP contribution in [0, 0.1) is 0 Å². The first-order chi connectivity index (χ1) is 9.63. The average molecular weight is 268 g/mol. The van der Waals surface area contributed by atoms with Gasteiger partial charge < -0.3 is 10.6 Å². The second kappa shape index (κ2) is 6.24. The van der Waals surface area contributed by atoms with Crippen molar-refractivity contribution in [1.29, 1.82) is 0 Å². The maximum Gasteiger partial charge on any atom is 0.254 e. The summed E-state index contributed by atoms with van der Waals surface area (Å²) >= 11 is 0. The van der Waals surface area contributed by atoms with E-state index in [2.05, 4.69) is 19.1 Å². The van der Waals surface area contributed by atoms with Crippen LogP contribution in [0.15, 0.2) is 54.6 Å². The predicted octanol–water partition coefficient (Wildman–Crippen LogP) is 3.49. The minimum Gasteiger partial charge on any atom is -0.399 e. The van der Waals surface area contributed by atoms with Gasteiger partial charge in [0, 0.05) is 18.3 Å². The molecule has 0 bridgehead atoms. The lowest BCUT2D eigenvalue weighted by molar-refractivity contribution is 0.0726. The van der Waals surface area contributed by atoms with Gasteiger partial charge in [0.1, 0.15) is 0 Å². The summed E-state index contributed by atoms with van der Waals surface area (Å²) in [6.07, 6.45) is 0.876. The number of carbonyl (C=O) groups excluding carboxylic acids is 1. The number of nitrogens with two attached hydrogens (primary N) is 1. The molecule has 1 atom stereocenters. The Morgan fingerprint density at radius 2 is 1.70 bits per heavy atom. The van der Waals surface area contributed by atoms with Gasteiger partial charge in [0.15, 0.2) is 0 Å². The molecule has 0 spiro atoms. The zero-order chi connectivity index (χ0) is 14.5. The maximum atomic E-state index is 12.5. The van der Waals surface area contributed by atoms with Crippen LogP contribution in [0.1, 0.15) is 35.3 Å². The van der Waals surface area contributed by atoms with Crippen molar-refractivity contribution >= 4 is 11.6 Å². The second-order valence-corrected chi connectivity index (χ2v) is 4.87. The molecular weight excluding hydrogens is 248 g/mol. The molecule has 0 saturated heterocycles. The smallest absolute Gasteiger partial charge is 0.254 e. The van der Waals surface area contributed by atoms with Gasteiger partial charge in [-0.25, -0.2) is 0 Å². The summed E-state index contributed by atoms with van der Waals surface area (Å²) in [7, 11) is 1.85. The van der Waals surface area contributed by atoms with Crippen molar-refractivity contribution in [3.63, 3.8) is 0 Å². The number of benzene rings is 2. The molecule has 0 aliphatic heterocycles. The standard InChI is InChI=1S/C17H20N2O/c1-3-16(13-7-5-4-6-8-13)19(2)17(20)14-9-11-15(18)12-10-14/h4-12,16H,3,18H2,1-2H3/t16-/m0/s1. The Labute approximate surface area is 120 Å². The minimum absolute atomic E-state index is 0.0145. The highest BCUT2D eigenvalue weighted by Crippen LogP contribution is 2.24. The van der Waals surface area contributed by atoms with Gasteiger partial charge in [-0.2, -0.15) is 0 Å². The lowest BCUT2D eigenvalue weighted by atomic mass is 10.0. The Morgan fingerprint density at radius 1 is 1.10 bits per heavy atom. The lowest BCUT2D eigenvalue weighted by Gasteiger charge is -2.28. The number of nitrogen functional groups attached to an aromatic ring is 1. The van der Waals surface area contributed by atoms with Crippen molar-refractivity contribution in [3.8, 4) is 0 Å². The first kappa shape index (κ1) is 14.1. The van der Waals surface area contributed by atoms with Gasteiger partial charge in [-0.05, 0) is 36.2 Å². The molecule has 2 N–H and O–H groups in total. The van der Waals surface area contributed by atoms with Gasteiger partial charge in [-0.15, -0.1) is 0 Å². The van der Waals surface area contributed by atoms with E-state index in [1.807, 2.05) is 25.2 Å². The van der Waals surface area contributed by atoms with Gasteiger partial charge in [0.2, 0.25) is 0 Å². The molecule has 0 heterocycles. The third-order valence-electron chi connectivity index (χ3n) is 3.52. The molecule has 2 aromatic carbocycles. The van der Waals surface area contributed by atoms with Crippen LogP contribution in [0.5, 0.6) is 0 Å². The highest BCUT2D eigenvalue weighted by molar-refractivity contribution is 5.94. The lowest BCUT2D eigenvalue weighted by Crippen LogP contribution is -2.30. The maximum absolute atomic E-state index is 12.5. The van der Waals surface area contributed by atoms with Crippen molar-refractivity contribution in [2.24, 2.45) is 0 Å². The van der Waals surface area contributed by atoms with Crippen molar-refractivity contribution in [2.75, 3.05) is 12.8 Å². The summed E-state index contributed by atoms with van der Waals surface area (Å²) in [6.45, 7) is 2.09. The molecule has 0 aromatic heterocycles. The fraction of sp³-hybridized carbons (Fsp3) is 0.235. The molecule has 0 aliphatic carbocycles. The van der Waals surface area contributed by atoms with E-state index in [-0.39, 0.29) is 11.9 Å². The monoisotopic (exact) mass is 268 g/mol. The van der Waals surface area contributed by atoms with Crippen LogP contribution in [0.2, 0.25) is 0 Å². The van der Waals surface area contributed by atoms with Crippen LogP contribution < -0.4 is 5.73 Å². The van der Waals surface area contributed by atoms with E-state index in [4.69, 9.17) is 5.73 Å². The molecule has 2 rings (SSSR count). The molecule has 0 saturated carbocycles. The molecule has 20 heavy (non-hydrogen) atoms. The summed E-state index contributed by atoms with van der Waals surface area (Å²) < 4.78 is 0. The number of amides is 1. The Kier molecular flexibility index (Phi) is 4.41. The van der Waals surface area contributed by atoms with Gasteiger partial charge in [0.05, 0.1) is 6.04 Å². The van der Waals surface area contributed by atoms with E-state index in [0.717, 1.165) is 12.0 Å². The molecule has 0 aliphatic rings. The van der Waals surface area contributed by atoms with Crippen molar-refractivity contribution in [1.82, 2.24) is 4.90 Å². The predicted molar refractivity (Wildman–Crippen MR) is 82.4 cm³/mol. The SMILES string of the molecule is CC[C@@H](c1ccccc1)N(C)C(=O)c1ccc(N)cc1. The van der Waals surface area contributed by atoms with E-state index in [1.54, 1.807) is 29.2 Å². The van der Waals surface area contributed by atoms with Gasteiger partial charge >= 0.3 is 0 Å². The van der Waals surface area contributed by atoms with Crippen LogP contribution >= 0.6 is 0 Å². The van der Waals surface area contributed by atoms with E-state index in [0.29, 0.717) is 11.3 Å². The third-order valence-corrected chi connectivity index (χ3v) is 3.52. The van der Waals surface area contributed by atoms with Crippen LogP contribution in [-0.4, -0.2) is 17.9 Å². The molecule has 0 unspecified atom stereocenters. The quantitative estimate of drug-likeness (QED) is 0.863. The first-order valence-corrected chi connectivity index (χ1v) is 6.81. The third kappa shape index (κ3) is 2.99. The Bertz CT molecular complexity index is 563. The van der Waals surface area contributed by atoms with Gasteiger partial charge in [-0.3, -0.25) is 4.79 Å². The number of nitrogens with zero attached hydrogens (tertiary/aromatic N) is 1. The van der Waals surface area contributed by atoms with Crippen LogP contribution in [0.4, 0.5) is 5.69 Å². The normalized spacial score (nSPS) is 11.9. The van der Waals surface area contributed by atoms with E-state index in [1.165, 1.54) is 0 Å². The number of hydrogen-bond donors (Lipinski definition) is 1. The van der Waals surface area contributed by atoms with Crippen LogP contribution in [-0.2, 0) is 0 Å². The minimum atomic E-state index is 0.0145. The molecule has 3 nitrogen and oxygen atoms in total. The summed E-state index contributed by atoms with van der Waals surface area (Å²) in [5, 5.41) is 0. The summed E-state index contributed by atoms with van der Waals surface area (Å²) in [4.78, 5) is 14.3. The summed E-state index contributed by atoms with van der Waals surface area (Å²) in [5.41, 5.74) is 8.14. The van der Waals surface area contributed by atoms with E-state index < -0.39 is 0 Å². The number of rotatable bonds is 4.